The lowest BCUT2D eigenvalue weighted by molar-refractivity contribution is -0.127. The summed E-state index contributed by atoms with van der Waals surface area (Å²) in [4.78, 5) is 40.8. The molecule has 6 heteroatoms. The molecule has 2 aliphatic carbocycles. The van der Waals surface area contributed by atoms with Crippen molar-refractivity contribution >= 4 is 16.8 Å². The molecule has 1 aromatic heterocycles. The van der Waals surface area contributed by atoms with Crippen LogP contribution in [-0.2, 0) is 11.3 Å². The molecule has 2 fully saturated rings. The fraction of sp³-hybridized carbons (Fsp3) is 0.625. The molecule has 3 atom stereocenters. The van der Waals surface area contributed by atoms with Gasteiger partial charge in [0, 0.05) is 18.5 Å². The number of nitrogens with one attached hydrogen (secondary N) is 2. The minimum Gasteiger partial charge on any atom is -0.353 e. The van der Waals surface area contributed by atoms with Gasteiger partial charge < -0.3 is 10.3 Å². The summed E-state index contributed by atoms with van der Waals surface area (Å²) in [6, 6.07) is 7.42. The summed E-state index contributed by atoms with van der Waals surface area (Å²) < 4.78 is 1.33. The standard InChI is InChI=1S/C24H33N3O3/c1-15-6-5-9-20(16(15)2)25-22(28)18-12-10-17(11-13-18)14-27-23(29)19-7-3-4-8-21(19)26-24(27)30/h3-4,7-8,15-18,20H,5-6,9-14H2,1-2H3,(H,25,28)(H,26,30)/t15-,16+,17?,18?,20-/m1/s1. The normalized spacial score (nSPS) is 29.6. The quantitative estimate of drug-likeness (QED) is 0.808. The van der Waals surface area contributed by atoms with Crippen LogP contribution < -0.4 is 16.6 Å². The highest BCUT2D eigenvalue weighted by Gasteiger charge is 2.32. The number of amides is 1. The van der Waals surface area contributed by atoms with Crippen LogP contribution in [-0.4, -0.2) is 21.5 Å². The Morgan fingerprint density at radius 1 is 1.07 bits per heavy atom. The zero-order valence-corrected chi connectivity index (χ0v) is 18.0. The molecule has 0 saturated heterocycles. The van der Waals surface area contributed by atoms with E-state index >= 15 is 0 Å². The van der Waals surface area contributed by atoms with Crippen LogP contribution in [0, 0.1) is 23.7 Å². The second-order valence-electron chi connectivity index (χ2n) is 9.49. The molecule has 6 nitrogen and oxygen atoms in total. The Labute approximate surface area is 177 Å². The van der Waals surface area contributed by atoms with Gasteiger partial charge in [0.2, 0.25) is 5.91 Å². The van der Waals surface area contributed by atoms with Crippen molar-refractivity contribution in [2.45, 2.75) is 71.4 Å². The topological polar surface area (TPSA) is 84.0 Å². The fourth-order valence-electron chi connectivity index (χ4n) is 5.32. The Hall–Kier alpha value is -2.37. The number of H-pyrrole nitrogens is 1. The van der Waals surface area contributed by atoms with E-state index in [1.54, 1.807) is 12.1 Å². The highest BCUT2D eigenvalue weighted by Crippen LogP contribution is 2.32. The van der Waals surface area contributed by atoms with Gasteiger partial charge >= 0.3 is 5.69 Å². The molecule has 162 valence electrons. The number of benzene rings is 1. The van der Waals surface area contributed by atoms with Crippen molar-refractivity contribution in [3.8, 4) is 0 Å². The van der Waals surface area contributed by atoms with E-state index in [9.17, 15) is 14.4 Å². The summed E-state index contributed by atoms with van der Waals surface area (Å²) in [7, 11) is 0. The Morgan fingerprint density at radius 2 is 1.80 bits per heavy atom. The molecule has 0 spiro atoms. The minimum atomic E-state index is -0.348. The molecule has 0 bridgehead atoms. The van der Waals surface area contributed by atoms with E-state index in [-0.39, 0.29) is 29.0 Å². The second-order valence-corrected chi connectivity index (χ2v) is 9.49. The van der Waals surface area contributed by atoms with Crippen molar-refractivity contribution in [1.82, 2.24) is 14.9 Å². The zero-order valence-electron chi connectivity index (χ0n) is 18.0. The van der Waals surface area contributed by atoms with Gasteiger partial charge in [0.1, 0.15) is 0 Å². The maximum absolute atomic E-state index is 12.8. The Morgan fingerprint density at radius 3 is 2.57 bits per heavy atom. The number of aromatic nitrogens is 2. The van der Waals surface area contributed by atoms with Crippen molar-refractivity contribution < 1.29 is 4.79 Å². The predicted molar refractivity (Wildman–Crippen MR) is 118 cm³/mol. The van der Waals surface area contributed by atoms with Gasteiger partial charge in [-0.25, -0.2) is 4.79 Å². The van der Waals surface area contributed by atoms with Crippen molar-refractivity contribution in [3.63, 3.8) is 0 Å². The van der Waals surface area contributed by atoms with Gasteiger partial charge in [0.05, 0.1) is 10.9 Å². The van der Waals surface area contributed by atoms with Gasteiger partial charge in [-0.2, -0.15) is 0 Å². The third-order valence-corrected chi connectivity index (χ3v) is 7.58. The number of hydrogen-bond acceptors (Lipinski definition) is 3. The predicted octanol–water partition coefficient (Wildman–Crippen LogP) is 3.44. The zero-order chi connectivity index (χ0) is 21.3. The summed E-state index contributed by atoms with van der Waals surface area (Å²) in [6.45, 7) is 4.96. The highest BCUT2D eigenvalue weighted by atomic mass is 16.2. The number of nitrogens with zero attached hydrogens (tertiary/aromatic N) is 1. The van der Waals surface area contributed by atoms with Crippen LogP contribution in [0.4, 0.5) is 0 Å². The number of aromatic amines is 1. The number of carbonyl (C=O) groups is 1. The summed E-state index contributed by atoms with van der Waals surface area (Å²) in [5, 5.41) is 3.87. The fourth-order valence-corrected chi connectivity index (χ4v) is 5.32. The first-order valence-corrected chi connectivity index (χ1v) is 11.5. The van der Waals surface area contributed by atoms with E-state index in [2.05, 4.69) is 24.1 Å². The molecule has 1 aromatic carbocycles. The molecule has 0 radical (unpaired) electrons. The van der Waals surface area contributed by atoms with Crippen LogP contribution in [0.5, 0.6) is 0 Å². The first-order valence-electron chi connectivity index (χ1n) is 11.5. The number of fused-ring (bicyclic) bond motifs is 1. The minimum absolute atomic E-state index is 0.0530. The lowest BCUT2D eigenvalue weighted by atomic mass is 9.77. The lowest BCUT2D eigenvalue weighted by Gasteiger charge is -2.36. The lowest BCUT2D eigenvalue weighted by Crippen LogP contribution is -2.46. The number of para-hydroxylation sites is 1. The van der Waals surface area contributed by atoms with E-state index in [0.717, 1.165) is 32.1 Å². The molecule has 2 saturated carbocycles. The Kier molecular flexibility index (Phi) is 6.11. The summed E-state index contributed by atoms with van der Waals surface area (Å²) >= 11 is 0. The number of carbonyl (C=O) groups excluding carboxylic acids is 1. The molecule has 30 heavy (non-hydrogen) atoms. The van der Waals surface area contributed by atoms with Gasteiger partial charge in [0.25, 0.3) is 5.56 Å². The van der Waals surface area contributed by atoms with E-state index in [4.69, 9.17) is 0 Å². The van der Waals surface area contributed by atoms with Crippen LogP contribution in [0.1, 0.15) is 58.8 Å². The van der Waals surface area contributed by atoms with Gasteiger partial charge in [0.15, 0.2) is 0 Å². The first kappa shape index (κ1) is 20.9. The molecule has 4 rings (SSSR count). The third-order valence-electron chi connectivity index (χ3n) is 7.58. The van der Waals surface area contributed by atoms with E-state index < -0.39 is 0 Å². The second kappa shape index (κ2) is 8.78. The summed E-state index contributed by atoms with van der Waals surface area (Å²) in [5.74, 6) is 1.70. The summed E-state index contributed by atoms with van der Waals surface area (Å²) in [6.07, 6.45) is 6.92. The third kappa shape index (κ3) is 4.23. The SMILES string of the molecule is C[C@H]1[C@H](C)CCC[C@H]1NC(=O)C1CCC(Cn2c(=O)[nH]c3ccccc3c2=O)CC1. The van der Waals surface area contributed by atoms with Crippen molar-refractivity contribution in [2.24, 2.45) is 23.7 Å². The monoisotopic (exact) mass is 411 g/mol. The van der Waals surface area contributed by atoms with E-state index in [0.29, 0.717) is 35.3 Å². The average molecular weight is 412 g/mol. The maximum Gasteiger partial charge on any atom is 0.328 e. The van der Waals surface area contributed by atoms with E-state index in [1.165, 1.54) is 17.4 Å². The van der Waals surface area contributed by atoms with Crippen LogP contribution in [0.2, 0.25) is 0 Å². The molecular formula is C24H33N3O3. The molecule has 2 aliphatic rings. The highest BCUT2D eigenvalue weighted by molar-refractivity contribution is 5.79. The molecule has 1 heterocycles. The van der Waals surface area contributed by atoms with Crippen LogP contribution in [0.25, 0.3) is 10.9 Å². The van der Waals surface area contributed by atoms with Crippen molar-refractivity contribution in [1.29, 1.82) is 0 Å². The van der Waals surface area contributed by atoms with Gasteiger partial charge in [-0.15, -0.1) is 0 Å². The number of rotatable bonds is 4. The smallest absolute Gasteiger partial charge is 0.328 e. The van der Waals surface area contributed by atoms with Gasteiger partial charge in [-0.1, -0.05) is 38.8 Å². The van der Waals surface area contributed by atoms with Gasteiger partial charge in [-0.05, 0) is 62.0 Å². The molecule has 2 aromatic rings. The van der Waals surface area contributed by atoms with Gasteiger partial charge in [-0.3, -0.25) is 14.2 Å². The van der Waals surface area contributed by atoms with Crippen LogP contribution in [0.15, 0.2) is 33.9 Å². The summed E-state index contributed by atoms with van der Waals surface area (Å²) in [5.41, 5.74) is 0.00369. The van der Waals surface area contributed by atoms with Crippen molar-refractivity contribution in [2.75, 3.05) is 0 Å². The Balaban J connectivity index is 1.36. The Bertz CT molecular complexity index is 1020. The average Bonchev–Trinajstić information content (AvgIpc) is 2.75. The molecule has 0 unspecified atom stereocenters. The maximum atomic E-state index is 12.8. The van der Waals surface area contributed by atoms with Crippen LogP contribution >= 0.6 is 0 Å². The van der Waals surface area contributed by atoms with E-state index in [1.807, 2.05) is 12.1 Å². The molecule has 0 aliphatic heterocycles. The van der Waals surface area contributed by atoms with Crippen LogP contribution in [0.3, 0.4) is 0 Å². The molecule has 2 N–H and O–H groups in total. The largest absolute Gasteiger partial charge is 0.353 e. The van der Waals surface area contributed by atoms with Crippen molar-refractivity contribution in [3.05, 3.63) is 45.1 Å². The molecular weight excluding hydrogens is 378 g/mol. The molecule has 1 amide bonds. The number of hydrogen-bond donors (Lipinski definition) is 2. The first-order chi connectivity index (χ1) is 14.4.